The van der Waals surface area contributed by atoms with Crippen molar-refractivity contribution in [3.63, 3.8) is 0 Å². The summed E-state index contributed by atoms with van der Waals surface area (Å²) in [5.74, 6) is 0.181. The van der Waals surface area contributed by atoms with Crippen molar-refractivity contribution < 1.29 is 4.79 Å². The van der Waals surface area contributed by atoms with E-state index in [2.05, 4.69) is 60.1 Å². The second-order valence-corrected chi connectivity index (χ2v) is 7.45. The number of fused-ring (bicyclic) bond motifs is 1. The van der Waals surface area contributed by atoms with Gasteiger partial charge in [0.25, 0.3) is 5.91 Å². The number of carbonyl (C=O) groups is 1. The quantitative estimate of drug-likeness (QED) is 0.707. The number of hydrogen-bond donors (Lipinski definition) is 1. The van der Waals surface area contributed by atoms with Crippen LogP contribution in [-0.4, -0.2) is 28.4 Å². The molecule has 0 radical (unpaired) electrons. The van der Waals surface area contributed by atoms with Crippen molar-refractivity contribution in [3.05, 3.63) is 70.9 Å². The molecule has 0 spiro atoms. The SMILES string of the molecule is Cc1[nH]c2ccc(C(=O)N3CCC[C@H]3CCc3ccccc3)cc2c1C. The Labute approximate surface area is 155 Å². The molecule has 1 N–H and O–H groups in total. The van der Waals surface area contributed by atoms with Crippen LogP contribution in [0.5, 0.6) is 0 Å². The summed E-state index contributed by atoms with van der Waals surface area (Å²) >= 11 is 0. The Hall–Kier alpha value is -2.55. The number of H-pyrrole nitrogens is 1. The van der Waals surface area contributed by atoms with Gasteiger partial charge >= 0.3 is 0 Å². The number of aromatic nitrogens is 1. The van der Waals surface area contributed by atoms with Crippen LogP contribution in [0.25, 0.3) is 10.9 Å². The molecule has 1 fully saturated rings. The van der Waals surface area contributed by atoms with Crippen LogP contribution >= 0.6 is 0 Å². The predicted molar refractivity (Wildman–Crippen MR) is 107 cm³/mol. The molecule has 0 unspecified atom stereocenters. The van der Waals surface area contributed by atoms with E-state index in [0.717, 1.165) is 48.7 Å². The fourth-order valence-corrected chi connectivity index (χ4v) is 4.14. The summed E-state index contributed by atoms with van der Waals surface area (Å²) in [5, 5.41) is 1.16. The van der Waals surface area contributed by atoms with Crippen molar-refractivity contribution in [2.45, 2.75) is 45.6 Å². The number of likely N-dealkylation sites (tertiary alicyclic amines) is 1. The fourth-order valence-electron chi connectivity index (χ4n) is 4.14. The molecule has 134 valence electrons. The summed E-state index contributed by atoms with van der Waals surface area (Å²) < 4.78 is 0. The predicted octanol–water partition coefficient (Wildman–Crippen LogP) is 5.02. The van der Waals surface area contributed by atoms with Gasteiger partial charge in [-0.25, -0.2) is 0 Å². The Bertz CT molecular complexity index is 926. The number of hydrogen-bond acceptors (Lipinski definition) is 1. The Kier molecular flexibility index (Phi) is 4.54. The number of aromatic amines is 1. The third kappa shape index (κ3) is 3.14. The number of rotatable bonds is 4. The number of benzene rings is 2. The lowest BCUT2D eigenvalue weighted by Gasteiger charge is -2.25. The average molecular weight is 346 g/mol. The molecule has 1 amide bonds. The minimum absolute atomic E-state index is 0.181. The van der Waals surface area contributed by atoms with Gasteiger partial charge in [-0.2, -0.15) is 0 Å². The molecule has 4 rings (SSSR count). The zero-order valence-corrected chi connectivity index (χ0v) is 15.6. The standard InChI is InChI=1S/C23H26N2O/c1-16-17(2)24-22-13-11-19(15-21(16)22)23(26)25-14-6-9-20(25)12-10-18-7-4-3-5-8-18/h3-5,7-8,11,13,15,20,24H,6,9-10,12,14H2,1-2H3/t20-/m0/s1. The van der Waals surface area contributed by atoms with Crippen LogP contribution in [0, 0.1) is 13.8 Å². The molecule has 3 aromatic rings. The molecule has 0 aliphatic carbocycles. The molecule has 0 bridgehead atoms. The van der Waals surface area contributed by atoms with Gasteiger partial charge < -0.3 is 9.88 Å². The maximum absolute atomic E-state index is 13.1. The molecule has 1 aliphatic rings. The van der Waals surface area contributed by atoms with E-state index >= 15 is 0 Å². The smallest absolute Gasteiger partial charge is 0.254 e. The van der Waals surface area contributed by atoms with Crippen LogP contribution < -0.4 is 0 Å². The molecule has 0 saturated carbocycles. The van der Waals surface area contributed by atoms with E-state index in [1.807, 2.05) is 12.1 Å². The summed E-state index contributed by atoms with van der Waals surface area (Å²) in [6.07, 6.45) is 4.30. The summed E-state index contributed by atoms with van der Waals surface area (Å²) in [5.41, 5.74) is 5.68. The zero-order chi connectivity index (χ0) is 18.1. The molecule has 1 aliphatic heterocycles. The van der Waals surface area contributed by atoms with Crippen molar-refractivity contribution in [1.29, 1.82) is 0 Å². The van der Waals surface area contributed by atoms with Gasteiger partial charge in [0.15, 0.2) is 0 Å². The molecule has 2 heterocycles. The molecular formula is C23H26N2O. The average Bonchev–Trinajstić information content (AvgIpc) is 3.25. The van der Waals surface area contributed by atoms with Gasteiger partial charge in [-0.15, -0.1) is 0 Å². The molecular weight excluding hydrogens is 320 g/mol. The van der Waals surface area contributed by atoms with Crippen LogP contribution in [0.4, 0.5) is 0 Å². The van der Waals surface area contributed by atoms with Crippen LogP contribution in [0.15, 0.2) is 48.5 Å². The van der Waals surface area contributed by atoms with E-state index in [-0.39, 0.29) is 5.91 Å². The monoisotopic (exact) mass is 346 g/mol. The molecule has 2 aromatic carbocycles. The van der Waals surface area contributed by atoms with Gasteiger partial charge in [-0.05, 0) is 68.9 Å². The van der Waals surface area contributed by atoms with Gasteiger partial charge in [-0.1, -0.05) is 30.3 Å². The molecule has 1 aromatic heterocycles. The number of aryl methyl sites for hydroxylation is 3. The van der Waals surface area contributed by atoms with E-state index in [1.165, 1.54) is 16.8 Å². The second-order valence-electron chi connectivity index (χ2n) is 7.45. The van der Waals surface area contributed by atoms with E-state index in [9.17, 15) is 4.79 Å². The summed E-state index contributed by atoms with van der Waals surface area (Å²) in [6.45, 7) is 5.07. The van der Waals surface area contributed by atoms with Crippen molar-refractivity contribution in [2.24, 2.45) is 0 Å². The first-order valence-electron chi connectivity index (χ1n) is 9.57. The van der Waals surface area contributed by atoms with Crippen LogP contribution in [0.2, 0.25) is 0 Å². The molecule has 1 atom stereocenters. The van der Waals surface area contributed by atoms with Crippen molar-refractivity contribution in [1.82, 2.24) is 9.88 Å². The maximum atomic E-state index is 13.1. The van der Waals surface area contributed by atoms with E-state index < -0.39 is 0 Å². The minimum atomic E-state index is 0.181. The summed E-state index contributed by atoms with van der Waals surface area (Å²) in [4.78, 5) is 18.6. The van der Waals surface area contributed by atoms with E-state index in [4.69, 9.17) is 0 Å². The highest BCUT2D eigenvalue weighted by Gasteiger charge is 2.29. The first-order chi connectivity index (χ1) is 12.6. The Morgan fingerprint density at radius 3 is 2.77 bits per heavy atom. The Morgan fingerprint density at radius 2 is 1.96 bits per heavy atom. The lowest BCUT2D eigenvalue weighted by molar-refractivity contribution is 0.0731. The lowest BCUT2D eigenvalue weighted by Crippen LogP contribution is -2.35. The maximum Gasteiger partial charge on any atom is 0.254 e. The highest BCUT2D eigenvalue weighted by atomic mass is 16.2. The Balaban J connectivity index is 1.52. The third-order valence-electron chi connectivity index (χ3n) is 5.80. The highest BCUT2D eigenvalue weighted by molar-refractivity contribution is 5.99. The molecule has 3 heteroatoms. The van der Waals surface area contributed by atoms with Gasteiger partial charge in [0.2, 0.25) is 0 Å². The van der Waals surface area contributed by atoms with Gasteiger partial charge in [-0.3, -0.25) is 4.79 Å². The number of nitrogens with one attached hydrogen (secondary N) is 1. The second kappa shape index (κ2) is 6.99. The third-order valence-corrected chi connectivity index (χ3v) is 5.80. The van der Waals surface area contributed by atoms with E-state index in [1.54, 1.807) is 0 Å². The largest absolute Gasteiger partial charge is 0.358 e. The first-order valence-corrected chi connectivity index (χ1v) is 9.57. The number of carbonyl (C=O) groups excluding carboxylic acids is 1. The topological polar surface area (TPSA) is 36.1 Å². The van der Waals surface area contributed by atoms with E-state index in [0.29, 0.717) is 6.04 Å². The zero-order valence-electron chi connectivity index (χ0n) is 15.6. The van der Waals surface area contributed by atoms with Gasteiger partial charge in [0.05, 0.1) is 0 Å². The number of nitrogens with zero attached hydrogens (tertiary/aromatic N) is 1. The summed E-state index contributed by atoms with van der Waals surface area (Å²) in [7, 11) is 0. The van der Waals surface area contributed by atoms with Crippen LogP contribution in [0.3, 0.4) is 0 Å². The van der Waals surface area contributed by atoms with Crippen LogP contribution in [0.1, 0.15) is 46.4 Å². The van der Waals surface area contributed by atoms with Crippen molar-refractivity contribution in [2.75, 3.05) is 6.54 Å². The Morgan fingerprint density at radius 1 is 1.15 bits per heavy atom. The molecule has 3 nitrogen and oxygen atoms in total. The number of amides is 1. The first kappa shape index (κ1) is 16.9. The molecule has 26 heavy (non-hydrogen) atoms. The van der Waals surface area contributed by atoms with Crippen molar-refractivity contribution in [3.8, 4) is 0 Å². The molecule has 1 saturated heterocycles. The van der Waals surface area contributed by atoms with Gasteiger partial charge in [0, 0.05) is 34.7 Å². The minimum Gasteiger partial charge on any atom is -0.358 e. The summed E-state index contributed by atoms with van der Waals surface area (Å²) in [6, 6.07) is 17.0. The lowest BCUT2D eigenvalue weighted by atomic mass is 10.0. The highest BCUT2D eigenvalue weighted by Crippen LogP contribution is 2.27. The van der Waals surface area contributed by atoms with Crippen molar-refractivity contribution >= 4 is 16.8 Å². The fraction of sp³-hybridized carbons (Fsp3) is 0.348. The van der Waals surface area contributed by atoms with Gasteiger partial charge in [0.1, 0.15) is 0 Å². The normalized spacial score (nSPS) is 17.2. The van der Waals surface area contributed by atoms with Crippen LogP contribution in [-0.2, 0) is 6.42 Å².